The smallest absolute Gasteiger partial charge is 0.318 e. The highest BCUT2D eigenvalue weighted by Crippen LogP contribution is 2.23. The maximum absolute atomic E-state index is 13.0. The van der Waals surface area contributed by atoms with Gasteiger partial charge >= 0.3 is 6.03 Å². The zero-order valence-corrected chi connectivity index (χ0v) is 13.9. The van der Waals surface area contributed by atoms with Crippen molar-refractivity contribution in [1.82, 2.24) is 5.32 Å². The molecule has 2 aromatic carbocycles. The largest absolute Gasteiger partial charge is 0.451 e. The van der Waals surface area contributed by atoms with Gasteiger partial charge in [-0.05, 0) is 60.7 Å². The molecule has 132 valence electrons. The first-order chi connectivity index (χ1) is 12.5. The summed E-state index contributed by atoms with van der Waals surface area (Å²) in [6.07, 6.45) is 0. The molecule has 0 saturated heterocycles. The van der Waals surface area contributed by atoms with Crippen molar-refractivity contribution in [2.75, 3.05) is 17.7 Å². The summed E-state index contributed by atoms with van der Waals surface area (Å²) in [5, 5.41) is 7.77. The Bertz CT molecular complexity index is 918. The standard InChI is InChI=1S/C19H16FN3O3/c1-21-19(25)23-15-8-6-14(7-9-15)22-18(24)17-11-10-16(26-17)12-2-4-13(20)5-3-12/h2-11H,1H3,(H,22,24)(H2,21,23,25). The van der Waals surface area contributed by atoms with Gasteiger partial charge in [0, 0.05) is 24.0 Å². The molecule has 1 aromatic heterocycles. The van der Waals surface area contributed by atoms with E-state index < -0.39 is 5.91 Å². The van der Waals surface area contributed by atoms with Crippen LogP contribution in [0.5, 0.6) is 0 Å². The molecule has 0 aliphatic heterocycles. The third kappa shape index (κ3) is 4.07. The van der Waals surface area contributed by atoms with Crippen LogP contribution < -0.4 is 16.0 Å². The van der Waals surface area contributed by atoms with Gasteiger partial charge in [0.05, 0.1) is 0 Å². The number of urea groups is 1. The fourth-order valence-corrected chi connectivity index (χ4v) is 2.25. The molecule has 0 spiro atoms. The van der Waals surface area contributed by atoms with Crippen LogP contribution in [-0.2, 0) is 0 Å². The molecule has 3 rings (SSSR count). The number of amides is 3. The molecule has 0 saturated carbocycles. The van der Waals surface area contributed by atoms with Crippen molar-refractivity contribution >= 4 is 23.3 Å². The van der Waals surface area contributed by atoms with Crippen LogP contribution in [0.4, 0.5) is 20.6 Å². The Morgan fingerprint density at radius 1 is 0.846 bits per heavy atom. The molecule has 0 radical (unpaired) electrons. The first kappa shape index (κ1) is 17.2. The lowest BCUT2D eigenvalue weighted by Crippen LogP contribution is -2.24. The number of benzene rings is 2. The normalized spacial score (nSPS) is 10.2. The number of furan rings is 1. The summed E-state index contributed by atoms with van der Waals surface area (Å²) in [5.74, 6) is -0.143. The van der Waals surface area contributed by atoms with Gasteiger partial charge in [-0.3, -0.25) is 4.79 Å². The van der Waals surface area contributed by atoms with Crippen LogP contribution in [0.1, 0.15) is 10.6 Å². The van der Waals surface area contributed by atoms with Crippen LogP contribution in [0.15, 0.2) is 65.1 Å². The van der Waals surface area contributed by atoms with Crippen molar-refractivity contribution in [3.63, 3.8) is 0 Å². The molecule has 0 unspecified atom stereocenters. The second-order valence-corrected chi connectivity index (χ2v) is 5.41. The highest BCUT2D eigenvalue weighted by atomic mass is 19.1. The highest BCUT2D eigenvalue weighted by molar-refractivity contribution is 6.02. The van der Waals surface area contributed by atoms with Gasteiger partial charge in [0.15, 0.2) is 5.76 Å². The summed E-state index contributed by atoms with van der Waals surface area (Å²) < 4.78 is 18.5. The van der Waals surface area contributed by atoms with E-state index in [-0.39, 0.29) is 17.6 Å². The zero-order valence-electron chi connectivity index (χ0n) is 13.9. The summed E-state index contributed by atoms with van der Waals surface area (Å²) in [6, 6.07) is 15.3. The van der Waals surface area contributed by atoms with Gasteiger partial charge in [0.25, 0.3) is 5.91 Å². The fourth-order valence-electron chi connectivity index (χ4n) is 2.25. The van der Waals surface area contributed by atoms with E-state index in [0.717, 1.165) is 0 Å². The number of rotatable bonds is 4. The zero-order chi connectivity index (χ0) is 18.5. The summed E-state index contributed by atoms with van der Waals surface area (Å²) in [5.41, 5.74) is 1.83. The summed E-state index contributed by atoms with van der Waals surface area (Å²) in [7, 11) is 1.52. The lowest BCUT2D eigenvalue weighted by atomic mass is 10.2. The second kappa shape index (κ2) is 7.52. The molecule has 0 fully saturated rings. The van der Waals surface area contributed by atoms with Gasteiger partial charge < -0.3 is 20.4 Å². The molecule has 3 N–H and O–H groups in total. The Labute approximate surface area is 149 Å². The number of hydrogen-bond donors (Lipinski definition) is 3. The molecule has 26 heavy (non-hydrogen) atoms. The van der Waals surface area contributed by atoms with E-state index in [4.69, 9.17) is 4.42 Å². The fraction of sp³-hybridized carbons (Fsp3) is 0.0526. The van der Waals surface area contributed by atoms with Crippen molar-refractivity contribution in [3.8, 4) is 11.3 Å². The molecular formula is C19H16FN3O3. The van der Waals surface area contributed by atoms with E-state index in [1.165, 1.54) is 19.2 Å². The average molecular weight is 353 g/mol. The minimum atomic E-state index is -0.412. The number of halogens is 1. The van der Waals surface area contributed by atoms with Gasteiger partial charge in [-0.2, -0.15) is 0 Å². The quantitative estimate of drug-likeness (QED) is 0.661. The average Bonchev–Trinajstić information content (AvgIpc) is 3.14. The minimum absolute atomic E-state index is 0.136. The van der Waals surface area contributed by atoms with E-state index in [0.29, 0.717) is 22.7 Å². The molecule has 3 aromatic rings. The van der Waals surface area contributed by atoms with E-state index in [1.54, 1.807) is 48.5 Å². The molecular weight excluding hydrogens is 337 g/mol. The number of carbonyl (C=O) groups excluding carboxylic acids is 2. The van der Waals surface area contributed by atoms with E-state index >= 15 is 0 Å². The molecule has 1 heterocycles. The van der Waals surface area contributed by atoms with Gasteiger partial charge in [-0.15, -0.1) is 0 Å². The van der Waals surface area contributed by atoms with E-state index in [2.05, 4.69) is 16.0 Å². The second-order valence-electron chi connectivity index (χ2n) is 5.41. The summed E-state index contributed by atoms with van der Waals surface area (Å²) >= 11 is 0. The molecule has 3 amide bonds. The predicted octanol–water partition coefficient (Wildman–Crippen LogP) is 4.09. The molecule has 0 bridgehead atoms. The maximum atomic E-state index is 13.0. The van der Waals surface area contributed by atoms with Crippen molar-refractivity contribution in [2.45, 2.75) is 0 Å². The van der Waals surface area contributed by atoms with Gasteiger partial charge in [0.2, 0.25) is 0 Å². The first-order valence-corrected chi connectivity index (χ1v) is 7.81. The number of carbonyl (C=O) groups is 2. The number of anilines is 2. The Morgan fingerprint density at radius 2 is 1.46 bits per heavy atom. The Kier molecular flexibility index (Phi) is 4.98. The monoisotopic (exact) mass is 353 g/mol. The molecule has 0 aliphatic carbocycles. The van der Waals surface area contributed by atoms with Crippen LogP contribution >= 0.6 is 0 Å². The number of nitrogens with one attached hydrogen (secondary N) is 3. The summed E-state index contributed by atoms with van der Waals surface area (Å²) in [4.78, 5) is 23.5. The third-order valence-electron chi connectivity index (χ3n) is 3.59. The minimum Gasteiger partial charge on any atom is -0.451 e. The maximum Gasteiger partial charge on any atom is 0.318 e. The number of hydrogen-bond acceptors (Lipinski definition) is 3. The Morgan fingerprint density at radius 3 is 2.08 bits per heavy atom. The topological polar surface area (TPSA) is 83.4 Å². The van der Waals surface area contributed by atoms with Gasteiger partial charge in [-0.1, -0.05) is 0 Å². The third-order valence-corrected chi connectivity index (χ3v) is 3.59. The van der Waals surface area contributed by atoms with E-state index in [9.17, 15) is 14.0 Å². The van der Waals surface area contributed by atoms with Crippen LogP contribution in [0.3, 0.4) is 0 Å². The van der Waals surface area contributed by atoms with Crippen LogP contribution in [0.2, 0.25) is 0 Å². The van der Waals surface area contributed by atoms with Crippen LogP contribution in [-0.4, -0.2) is 19.0 Å². The lowest BCUT2D eigenvalue weighted by Gasteiger charge is -2.06. The first-order valence-electron chi connectivity index (χ1n) is 7.81. The van der Waals surface area contributed by atoms with Crippen LogP contribution in [0, 0.1) is 5.82 Å². The SMILES string of the molecule is CNC(=O)Nc1ccc(NC(=O)c2ccc(-c3ccc(F)cc3)o2)cc1. The predicted molar refractivity (Wildman–Crippen MR) is 96.6 cm³/mol. The van der Waals surface area contributed by atoms with Crippen molar-refractivity contribution in [2.24, 2.45) is 0 Å². The molecule has 7 heteroatoms. The Balaban J connectivity index is 1.66. The van der Waals surface area contributed by atoms with Gasteiger partial charge in [0.1, 0.15) is 11.6 Å². The summed E-state index contributed by atoms with van der Waals surface area (Å²) in [6.45, 7) is 0. The Hall–Kier alpha value is -3.61. The lowest BCUT2D eigenvalue weighted by molar-refractivity contribution is 0.0997. The molecule has 0 aliphatic rings. The molecule has 6 nitrogen and oxygen atoms in total. The highest BCUT2D eigenvalue weighted by Gasteiger charge is 2.13. The van der Waals surface area contributed by atoms with Gasteiger partial charge in [-0.25, -0.2) is 9.18 Å². The van der Waals surface area contributed by atoms with Crippen LogP contribution in [0.25, 0.3) is 11.3 Å². The molecule has 0 atom stereocenters. The van der Waals surface area contributed by atoms with Crippen molar-refractivity contribution in [3.05, 3.63) is 72.2 Å². The van der Waals surface area contributed by atoms with Crippen molar-refractivity contribution < 1.29 is 18.4 Å². The van der Waals surface area contributed by atoms with Crippen molar-refractivity contribution in [1.29, 1.82) is 0 Å². The van der Waals surface area contributed by atoms with E-state index in [1.807, 2.05) is 0 Å².